The van der Waals surface area contributed by atoms with Gasteiger partial charge in [-0.2, -0.15) is 4.31 Å². The van der Waals surface area contributed by atoms with E-state index in [1.165, 1.54) is 4.31 Å². The van der Waals surface area contributed by atoms with Crippen LogP contribution in [0.4, 0.5) is 0 Å². The van der Waals surface area contributed by atoms with E-state index in [9.17, 15) is 8.42 Å². The number of ether oxygens (including phenoxy) is 1. The highest BCUT2D eigenvalue weighted by Crippen LogP contribution is 2.19. The van der Waals surface area contributed by atoms with Crippen molar-refractivity contribution >= 4 is 10.0 Å². The summed E-state index contributed by atoms with van der Waals surface area (Å²) in [5.74, 6) is 0.0589. The molecular formula is C15H24N2O3S. The van der Waals surface area contributed by atoms with Crippen LogP contribution in [0, 0.1) is 0 Å². The molecule has 1 aromatic rings. The normalized spacial score (nSPS) is 20.0. The minimum Gasteiger partial charge on any atom is -0.380 e. The molecule has 0 spiro atoms. The van der Waals surface area contributed by atoms with Crippen LogP contribution in [0.2, 0.25) is 0 Å². The zero-order valence-electron chi connectivity index (χ0n) is 12.7. The van der Waals surface area contributed by atoms with Gasteiger partial charge >= 0.3 is 0 Å². The Morgan fingerprint density at radius 3 is 2.81 bits per heavy atom. The number of nitrogens with one attached hydrogen (secondary N) is 1. The smallest absolute Gasteiger partial charge is 0.218 e. The number of methoxy groups -OCH3 is 1. The second kappa shape index (κ2) is 7.35. The molecule has 1 heterocycles. The first-order valence-corrected chi connectivity index (χ1v) is 8.95. The summed E-state index contributed by atoms with van der Waals surface area (Å²) in [4.78, 5) is 0. The fourth-order valence-electron chi connectivity index (χ4n) is 2.54. The molecule has 21 heavy (non-hydrogen) atoms. The highest BCUT2D eigenvalue weighted by Gasteiger charge is 2.31. The number of hydrogen-bond acceptors (Lipinski definition) is 4. The van der Waals surface area contributed by atoms with E-state index in [2.05, 4.69) is 5.32 Å². The molecule has 1 N–H and O–H groups in total. The molecule has 1 aromatic carbocycles. The van der Waals surface area contributed by atoms with Gasteiger partial charge in [-0.1, -0.05) is 31.2 Å². The van der Waals surface area contributed by atoms with Gasteiger partial charge in [0.1, 0.15) is 0 Å². The summed E-state index contributed by atoms with van der Waals surface area (Å²) in [6.45, 7) is 4.73. The molecule has 0 saturated carbocycles. The van der Waals surface area contributed by atoms with E-state index >= 15 is 0 Å². The monoisotopic (exact) mass is 312 g/mol. The zero-order chi connectivity index (χ0) is 15.3. The van der Waals surface area contributed by atoms with Gasteiger partial charge in [0.25, 0.3) is 0 Å². The van der Waals surface area contributed by atoms with E-state index in [1.807, 2.05) is 31.2 Å². The van der Waals surface area contributed by atoms with Crippen LogP contribution in [-0.4, -0.2) is 45.6 Å². The highest BCUT2D eigenvalue weighted by atomic mass is 32.2. The average molecular weight is 312 g/mol. The predicted octanol–water partition coefficient (Wildman–Crippen LogP) is 1.35. The molecule has 5 nitrogen and oxygen atoms in total. The third-order valence-corrected chi connectivity index (χ3v) is 5.57. The van der Waals surface area contributed by atoms with E-state index in [0.29, 0.717) is 13.1 Å². The molecule has 1 unspecified atom stereocenters. The Balaban J connectivity index is 2.03. The van der Waals surface area contributed by atoms with Crippen molar-refractivity contribution in [2.75, 3.05) is 26.7 Å². The van der Waals surface area contributed by atoms with E-state index in [1.54, 1.807) is 7.11 Å². The molecule has 0 bridgehead atoms. The van der Waals surface area contributed by atoms with E-state index in [4.69, 9.17) is 4.74 Å². The molecule has 2 rings (SSSR count). The van der Waals surface area contributed by atoms with Crippen molar-refractivity contribution in [3.63, 3.8) is 0 Å². The van der Waals surface area contributed by atoms with Gasteiger partial charge in [0.2, 0.25) is 10.0 Å². The Bertz CT molecular complexity index is 560. The lowest BCUT2D eigenvalue weighted by Gasteiger charge is -2.16. The third-order valence-electron chi connectivity index (χ3n) is 3.75. The van der Waals surface area contributed by atoms with Crippen LogP contribution in [0.3, 0.4) is 0 Å². The average Bonchev–Trinajstić information content (AvgIpc) is 2.95. The summed E-state index contributed by atoms with van der Waals surface area (Å²) in [5, 5.41) is 3.25. The minimum atomic E-state index is -3.26. The molecule has 1 aliphatic heterocycles. The van der Waals surface area contributed by atoms with Crippen LogP contribution >= 0.6 is 0 Å². The summed E-state index contributed by atoms with van der Waals surface area (Å²) in [5.41, 5.74) is 1.95. The van der Waals surface area contributed by atoms with Crippen molar-refractivity contribution < 1.29 is 13.2 Å². The lowest BCUT2D eigenvalue weighted by atomic mass is 10.1. The number of nitrogens with zero attached hydrogens (tertiary/aromatic N) is 1. The summed E-state index contributed by atoms with van der Waals surface area (Å²) in [6, 6.07) is 7.76. The molecule has 1 atom stereocenters. The first kappa shape index (κ1) is 16.4. The summed E-state index contributed by atoms with van der Waals surface area (Å²) >= 11 is 0. The Morgan fingerprint density at radius 2 is 2.14 bits per heavy atom. The van der Waals surface area contributed by atoms with Crippen molar-refractivity contribution in [3.8, 4) is 0 Å². The van der Waals surface area contributed by atoms with Crippen LogP contribution in [-0.2, 0) is 27.1 Å². The third kappa shape index (κ3) is 4.51. The molecule has 1 saturated heterocycles. The highest BCUT2D eigenvalue weighted by molar-refractivity contribution is 7.88. The lowest BCUT2D eigenvalue weighted by molar-refractivity contribution is 0.115. The Morgan fingerprint density at radius 1 is 1.38 bits per heavy atom. The SMILES string of the molecule is CCNCc1cccc(CS(=O)(=O)N2CCC(OC)C2)c1. The van der Waals surface area contributed by atoms with Gasteiger partial charge in [0.15, 0.2) is 0 Å². The molecule has 0 aromatic heterocycles. The van der Waals surface area contributed by atoms with E-state index < -0.39 is 10.0 Å². The van der Waals surface area contributed by atoms with Gasteiger partial charge in [-0.05, 0) is 24.1 Å². The van der Waals surface area contributed by atoms with E-state index in [-0.39, 0.29) is 11.9 Å². The maximum atomic E-state index is 12.4. The molecule has 0 aliphatic carbocycles. The van der Waals surface area contributed by atoms with Crippen molar-refractivity contribution in [1.82, 2.24) is 9.62 Å². The fourth-order valence-corrected chi connectivity index (χ4v) is 4.10. The Hall–Kier alpha value is -0.950. The lowest BCUT2D eigenvalue weighted by Crippen LogP contribution is -2.31. The molecule has 118 valence electrons. The van der Waals surface area contributed by atoms with Crippen molar-refractivity contribution in [3.05, 3.63) is 35.4 Å². The molecule has 6 heteroatoms. The number of hydrogen-bond donors (Lipinski definition) is 1. The van der Waals surface area contributed by atoms with Gasteiger partial charge in [-0.25, -0.2) is 8.42 Å². The van der Waals surface area contributed by atoms with Crippen LogP contribution in [0.15, 0.2) is 24.3 Å². The van der Waals surface area contributed by atoms with Crippen molar-refractivity contribution in [1.29, 1.82) is 0 Å². The van der Waals surface area contributed by atoms with Crippen LogP contribution in [0.1, 0.15) is 24.5 Å². The number of sulfonamides is 1. The molecular weight excluding hydrogens is 288 g/mol. The number of benzene rings is 1. The molecule has 0 radical (unpaired) electrons. The van der Waals surface area contributed by atoms with Gasteiger partial charge in [-0.15, -0.1) is 0 Å². The van der Waals surface area contributed by atoms with Gasteiger partial charge in [0.05, 0.1) is 11.9 Å². The Labute approximate surface area is 127 Å². The second-order valence-electron chi connectivity index (χ2n) is 5.36. The maximum absolute atomic E-state index is 12.4. The fraction of sp³-hybridized carbons (Fsp3) is 0.600. The van der Waals surface area contributed by atoms with Crippen LogP contribution < -0.4 is 5.32 Å². The van der Waals surface area contributed by atoms with Gasteiger partial charge in [-0.3, -0.25) is 0 Å². The molecule has 1 fully saturated rings. The van der Waals surface area contributed by atoms with Crippen molar-refractivity contribution in [2.24, 2.45) is 0 Å². The van der Waals surface area contributed by atoms with Crippen molar-refractivity contribution in [2.45, 2.75) is 31.7 Å². The largest absolute Gasteiger partial charge is 0.380 e. The topological polar surface area (TPSA) is 58.6 Å². The van der Waals surface area contributed by atoms with Gasteiger partial charge in [0, 0.05) is 26.7 Å². The van der Waals surface area contributed by atoms with Crippen LogP contribution in [0.5, 0.6) is 0 Å². The number of rotatable bonds is 7. The Kier molecular flexibility index (Phi) is 5.75. The summed E-state index contributed by atoms with van der Waals surface area (Å²) in [7, 11) is -1.63. The summed E-state index contributed by atoms with van der Waals surface area (Å²) < 4.78 is 31.7. The summed E-state index contributed by atoms with van der Waals surface area (Å²) in [6.07, 6.45) is 0.802. The first-order valence-electron chi connectivity index (χ1n) is 7.34. The maximum Gasteiger partial charge on any atom is 0.218 e. The van der Waals surface area contributed by atoms with Gasteiger partial charge < -0.3 is 10.1 Å². The minimum absolute atomic E-state index is 0.0277. The predicted molar refractivity (Wildman–Crippen MR) is 83.4 cm³/mol. The standard InChI is InChI=1S/C15H24N2O3S/c1-3-16-10-13-5-4-6-14(9-13)12-21(18,19)17-8-7-15(11-17)20-2/h4-6,9,15-16H,3,7-8,10-12H2,1-2H3. The van der Waals surface area contributed by atoms with Crippen LogP contribution in [0.25, 0.3) is 0 Å². The molecule has 1 aliphatic rings. The molecule has 0 amide bonds. The first-order chi connectivity index (χ1) is 10.0. The zero-order valence-corrected chi connectivity index (χ0v) is 13.5. The second-order valence-corrected chi connectivity index (χ2v) is 7.33. The van der Waals surface area contributed by atoms with E-state index in [0.717, 1.165) is 30.6 Å². The quantitative estimate of drug-likeness (QED) is 0.825.